The Morgan fingerprint density at radius 2 is 1.73 bits per heavy atom. The number of benzene rings is 1. The minimum Gasteiger partial charge on any atom is -0.353 e. The number of pyridine rings is 3. The van der Waals surface area contributed by atoms with E-state index >= 15 is 0 Å². The van der Waals surface area contributed by atoms with Gasteiger partial charge >= 0.3 is 0 Å². The zero-order chi connectivity index (χ0) is 25.6. The predicted octanol–water partition coefficient (Wildman–Crippen LogP) is 4.96. The summed E-state index contributed by atoms with van der Waals surface area (Å²) < 4.78 is 37.7. The number of aromatic amines is 2. The molecule has 0 atom stereocenters. The number of halogens is 1. The molecule has 0 radical (unpaired) electrons. The number of sulfone groups is 1. The van der Waals surface area contributed by atoms with Gasteiger partial charge in [0.1, 0.15) is 26.9 Å². The monoisotopic (exact) mass is 512 g/mol. The first kappa shape index (κ1) is 23.0. The molecule has 10 heteroatoms. The van der Waals surface area contributed by atoms with Gasteiger partial charge in [0.2, 0.25) is 0 Å². The molecule has 5 aromatic heterocycles. The Morgan fingerprint density at radius 3 is 2.54 bits per heavy atom. The summed E-state index contributed by atoms with van der Waals surface area (Å²) in [6.45, 7) is 0. The van der Waals surface area contributed by atoms with Gasteiger partial charge in [-0.15, -0.1) is 0 Å². The summed E-state index contributed by atoms with van der Waals surface area (Å²) in [6.07, 6.45) is 6.50. The van der Waals surface area contributed by atoms with Crippen LogP contribution >= 0.6 is 0 Å². The second-order valence-corrected chi connectivity index (χ2v) is 11.2. The van der Waals surface area contributed by atoms with Gasteiger partial charge in [-0.2, -0.15) is 5.10 Å². The van der Waals surface area contributed by atoms with E-state index in [2.05, 4.69) is 25.1 Å². The van der Waals surface area contributed by atoms with Crippen LogP contribution in [0, 0.1) is 5.82 Å². The molecule has 6 rings (SSSR count). The Kier molecular flexibility index (Phi) is 5.53. The minimum atomic E-state index is -3.17. The molecule has 0 aliphatic heterocycles. The fourth-order valence-corrected chi connectivity index (χ4v) is 5.02. The summed E-state index contributed by atoms with van der Waals surface area (Å²) in [4.78, 5) is 16.8. The van der Waals surface area contributed by atoms with Gasteiger partial charge in [-0.05, 0) is 66.6 Å². The lowest BCUT2D eigenvalue weighted by Gasteiger charge is -2.07. The van der Waals surface area contributed by atoms with E-state index in [0.29, 0.717) is 28.0 Å². The van der Waals surface area contributed by atoms with Crippen molar-refractivity contribution >= 4 is 31.8 Å². The summed E-state index contributed by atoms with van der Waals surface area (Å²) >= 11 is 0. The van der Waals surface area contributed by atoms with Crippen LogP contribution in [-0.2, 0) is 16.3 Å². The zero-order valence-electron chi connectivity index (χ0n) is 19.7. The van der Waals surface area contributed by atoms with Crippen LogP contribution in [0.4, 0.5) is 4.39 Å². The normalized spacial score (nSPS) is 11.9. The third kappa shape index (κ3) is 4.58. The molecule has 0 spiro atoms. The number of aryl methyl sites for hydroxylation is 1. The first-order chi connectivity index (χ1) is 17.8. The Hall–Kier alpha value is -4.44. The van der Waals surface area contributed by atoms with E-state index in [-0.39, 0.29) is 12.2 Å². The van der Waals surface area contributed by atoms with Gasteiger partial charge in [-0.25, -0.2) is 17.8 Å². The maximum absolute atomic E-state index is 14.5. The van der Waals surface area contributed by atoms with Crippen molar-refractivity contribution < 1.29 is 12.8 Å². The minimum absolute atomic E-state index is 0.0530. The summed E-state index contributed by atoms with van der Waals surface area (Å²) in [7, 11) is -3.17. The standard InChI is InChI=1S/C27H21FN6O2S/c1-37(35,36)11-7-16-12-18(14-19(28)13-16)25-20-15-24(31-22(20)6-10-30-25)27-26-23(33-34-27)3-2-21(32-26)17-4-8-29-9-5-17/h2-6,8-10,12-15,31H,7,11H2,1H3,(H,33,34). The number of hydrogen-bond acceptors (Lipinski definition) is 6. The van der Waals surface area contributed by atoms with Crippen molar-refractivity contribution in [3.63, 3.8) is 0 Å². The molecular weight excluding hydrogens is 491 g/mol. The van der Waals surface area contributed by atoms with E-state index in [1.807, 2.05) is 36.4 Å². The number of nitrogens with one attached hydrogen (secondary N) is 2. The highest BCUT2D eigenvalue weighted by atomic mass is 32.2. The van der Waals surface area contributed by atoms with Gasteiger partial charge in [-0.1, -0.05) is 0 Å². The molecule has 5 heterocycles. The highest BCUT2D eigenvalue weighted by Gasteiger charge is 2.17. The summed E-state index contributed by atoms with van der Waals surface area (Å²) in [5.41, 5.74) is 7.22. The molecule has 0 aliphatic rings. The van der Waals surface area contributed by atoms with Crippen molar-refractivity contribution in [1.29, 1.82) is 0 Å². The van der Waals surface area contributed by atoms with Crippen LogP contribution in [0.3, 0.4) is 0 Å². The Labute approximate surface area is 211 Å². The molecule has 0 bridgehead atoms. The van der Waals surface area contributed by atoms with Crippen molar-refractivity contribution in [2.24, 2.45) is 0 Å². The van der Waals surface area contributed by atoms with Crippen LogP contribution in [0.1, 0.15) is 5.56 Å². The average Bonchev–Trinajstić information content (AvgIpc) is 3.51. The number of nitrogens with zero attached hydrogens (tertiary/aromatic N) is 4. The van der Waals surface area contributed by atoms with Crippen molar-refractivity contribution in [2.75, 3.05) is 12.0 Å². The largest absolute Gasteiger partial charge is 0.353 e. The van der Waals surface area contributed by atoms with Gasteiger partial charge in [0.15, 0.2) is 0 Å². The van der Waals surface area contributed by atoms with Gasteiger partial charge in [0.25, 0.3) is 0 Å². The summed E-state index contributed by atoms with van der Waals surface area (Å²) in [5, 5.41) is 8.33. The van der Waals surface area contributed by atoms with Crippen molar-refractivity contribution in [3.8, 4) is 33.9 Å². The maximum atomic E-state index is 14.5. The molecule has 184 valence electrons. The molecule has 0 saturated heterocycles. The topological polar surface area (TPSA) is 117 Å². The molecule has 0 unspecified atom stereocenters. The lowest BCUT2D eigenvalue weighted by atomic mass is 10.0. The highest BCUT2D eigenvalue weighted by Crippen LogP contribution is 2.33. The summed E-state index contributed by atoms with van der Waals surface area (Å²) in [6, 6.07) is 16.0. The molecular formula is C27H21FN6O2S. The van der Waals surface area contributed by atoms with Crippen LogP contribution in [0.2, 0.25) is 0 Å². The van der Waals surface area contributed by atoms with E-state index in [1.165, 1.54) is 18.4 Å². The van der Waals surface area contributed by atoms with Crippen LogP contribution in [-0.4, -0.2) is 50.6 Å². The van der Waals surface area contributed by atoms with Crippen molar-refractivity contribution in [2.45, 2.75) is 6.42 Å². The molecule has 0 aliphatic carbocycles. The van der Waals surface area contributed by atoms with E-state index in [9.17, 15) is 12.8 Å². The van der Waals surface area contributed by atoms with Gasteiger partial charge in [-0.3, -0.25) is 15.1 Å². The van der Waals surface area contributed by atoms with E-state index in [4.69, 9.17) is 4.98 Å². The van der Waals surface area contributed by atoms with Crippen LogP contribution in [0.5, 0.6) is 0 Å². The third-order valence-electron chi connectivity index (χ3n) is 6.18. The predicted molar refractivity (Wildman–Crippen MR) is 141 cm³/mol. The zero-order valence-corrected chi connectivity index (χ0v) is 20.6. The molecule has 0 amide bonds. The fraction of sp³-hybridized carbons (Fsp3) is 0.111. The van der Waals surface area contributed by atoms with Gasteiger partial charge < -0.3 is 4.98 Å². The van der Waals surface area contributed by atoms with E-state index < -0.39 is 15.7 Å². The van der Waals surface area contributed by atoms with Crippen molar-refractivity contribution in [3.05, 3.63) is 84.6 Å². The highest BCUT2D eigenvalue weighted by molar-refractivity contribution is 7.90. The quantitative estimate of drug-likeness (QED) is 0.326. The number of aromatic nitrogens is 6. The van der Waals surface area contributed by atoms with Crippen LogP contribution in [0.25, 0.3) is 55.8 Å². The lowest BCUT2D eigenvalue weighted by Crippen LogP contribution is -2.06. The number of H-pyrrole nitrogens is 2. The molecule has 37 heavy (non-hydrogen) atoms. The fourth-order valence-electron chi connectivity index (χ4n) is 4.42. The second kappa shape index (κ2) is 8.90. The Morgan fingerprint density at radius 1 is 0.892 bits per heavy atom. The Bertz CT molecular complexity index is 1880. The van der Waals surface area contributed by atoms with E-state index in [0.717, 1.165) is 33.4 Å². The second-order valence-electron chi connectivity index (χ2n) is 8.93. The molecule has 0 fully saturated rings. The Balaban J connectivity index is 1.44. The van der Waals surface area contributed by atoms with Gasteiger partial charge in [0.05, 0.1) is 28.4 Å². The number of rotatable bonds is 6. The molecule has 1 aromatic carbocycles. The number of fused-ring (bicyclic) bond motifs is 2. The molecule has 0 saturated carbocycles. The van der Waals surface area contributed by atoms with Crippen LogP contribution in [0.15, 0.2) is 73.2 Å². The number of hydrogen-bond donors (Lipinski definition) is 2. The SMILES string of the molecule is CS(=O)(=O)CCc1cc(F)cc(-c2nccc3[nH]c(-c4n[nH]c5ccc(-c6ccncc6)nc45)cc23)c1. The lowest BCUT2D eigenvalue weighted by molar-refractivity contribution is 0.600. The molecule has 6 aromatic rings. The van der Waals surface area contributed by atoms with Crippen LogP contribution < -0.4 is 0 Å². The summed E-state index contributed by atoms with van der Waals surface area (Å²) in [5.74, 6) is -0.496. The van der Waals surface area contributed by atoms with Gasteiger partial charge in [0, 0.05) is 46.9 Å². The van der Waals surface area contributed by atoms with Crippen molar-refractivity contribution in [1.82, 2.24) is 30.1 Å². The first-order valence-electron chi connectivity index (χ1n) is 11.6. The smallest absolute Gasteiger partial charge is 0.147 e. The molecule has 8 nitrogen and oxygen atoms in total. The van der Waals surface area contributed by atoms with E-state index in [1.54, 1.807) is 24.7 Å². The first-order valence-corrected chi connectivity index (χ1v) is 13.6. The molecule has 2 N–H and O–H groups in total. The third-order valence-corrected chi connectivity index (χ3v) is 7.13. The average molecular weight is 513 g/mol. The maximum Gasteiger partial charge on any atom is 0.147 e.